The average Bonchev–Trinajstić information content (AvgIpc) is 3.03. The second kappa shape index (κ2) is 7.93. The molecule has 0 bridgehead atoms. The van der Waals surface area contributed by atoms with Crippen molar-refractivity contribution >= 4 is 11.6 Å². The van der Waals surface area contributed by atoms with Gasteiger partial charge in [0.25, 0.3) is 5.91 Å². The molecule has 0 saturated heterocycles. The van der Waals surface area contributed by atoms with Crippen molar-refractivity contribution in [3.8, 4) is 17.0 Å². The first-order valence-corrected chi connectivity index (χ1v) is 8.43. The number of halogens is 7. The first-order valence-electron chi connectivity index (χ1n) is 8.43. The lowest BCUT2D eigenvalue weighted by Crippen LogP contribution is -2.19. The number of benzene rings is 2. The largest absolute Gasteiger partial charge is 0.573 e. The Morgan fingerprint density at radius 1 is 1.03 bits per heavy atom. The average molecular weight is 447 g/mol. The highest BCUT2D eigenvalue weighted by Crippen LogP contribution is 2.38. The molecule has 3 rings (SSSR count). The minimum atomic E-state index is -5.02. The van der Waals surface area contributed by atoms with E-state index in [4.69, 9.17) is 0 Å². The van der Waals surface area contributed by atoms with Crippen LogP contribution in [-0.4, -0.2) is 22.1 Å². The topological polar surface area (TPSA) is 56.2 Å². The van der Waals surface area contributed by atoms with Crippen molar-refractivity contribution in [3.05, 3.63) is 65.6 Å². The van der Waals surface area contributed by atoms with Gasteiger partial charge in [-0.25, -0.2) is 4.39 Å². The van der Waals surface area contributed by atoms with Crippen molar-refractivity contribution in [2.45, 2.75) is 12.5 Å². The summed E-state index contributed by atoms with van der Waals surface area (Å²) < 4.78 is 96.4. The van der Waals surface area contributed by atoms with Gasteiger partial charge in [-0.05, 0) is 30.3 Å². The number of anilines is 1. The Hall–Kier alpha value is -3.57. The maximum Gasteiger partial charge on any atom is 0.573 e. The zero-order chi connectivity index (χ0) is 23.0. The fraction of sp³-hybridized carbons (Fsp3) is 0.158. The van der Waals surface area contributed by atoms with Crippen LogP contribution in [0.25, 0.3) is 11.3 Å². The molecule has 1 amide bonds. The number of hydrogen-bond acceptors (Lipinski definition) is 3. The Balaban J connectivity index is 1.96. The predicted molar refractivity (Wildman–Crippen MR) is 94.7 cm³/mol. The molecule has 0 radical (unpaired) electrons. The molecule has 0 atom stereocenters. The van der Waals surface area contributed by atoms with Gasteiger partial charge < -0.3 is 10.1 Å². The number of para-hydroxylation sites is 2. The molecule has 1 N–H and O–H groups in total. The summed E-state index contributed by atoms with van der Waals surface area (Å²) in [5.74, 6) is -2.92. The minimum Gasteiger partial charge on any atom is -0.404 e. The Labute approximate surface area is 170 Å². The number of alkyl halides is 6. The number of nitrogens with zero attached hydrogens (tertiary/aromatic N) is 2. The number of nitrogens with one attached hydrogen (secondary N) is 1. The molecule has 0 aliphatic carbocycles. The van der Waals surface area contributed by atoms with Crippen LogP contribution in [0.2, 0.25) is 0 Å². The van der Waals surface area contributed by atoms with Crippen molar-refractivity contribution in [2.75, 3.05) is 5.32 Å². The SMILES string of the molecule is Cn1nc(C(=O)Nc2ccccc2OC(F)(F)F)cc1-c1c(F)cccc1C(F)(F)F. The van der Waals surface area contributed by atoms with E-state index in [1.807, 2.05) is 0 Å². The summed E-state index contributed by atoms with van der Waals surface area (Å²) in [4.78, 5) is 12.5. The fourth-order valence-electron chi connectivity index (χ4n) is 2.80. The van der Waals surface area contributed by atoms with Gasteiger partial charge in [-0.1, -0.05) is 18.2 Å². The Bertz CT molecular complexity index is 1120. The van der Waals surface area contributed by atoms with Gasteiger partial charge in [0.15, 0.2) is 11.4 Å². The Kier molecular flexibility index (Phi) is 5.66. The van der Waals surface area contributed by atoms with Crippen LogP contribution in [-0.2, 0) is 13.2 Å². The van der Waals surface area contributed by atoms with Gasteiger partial charge in [0, 0.05) is 12.6 Å². The van der Waals surface area contributed by atoms with Crippen molar-refractivity contribution in [2.24, 2.45) is 7.05 Å². The third-order valence-corrected chi connectivity index (χ3v) is 4.05. The zero-order valence-electron chi connectivity index (χ0n) is 15.5. The quantitative estimate of drug-likeness (QED) is 0.546. The molecule has 3 aromatic rings. The van der Waals surface area contributed by atoms with Crippen LogP contribution in [0.1, 0.15) is 16.1 Å². The lowest BCUT2D eigenvalue weighted by Gasteiger charge is -2.13. The van der Waals surface area contributed by atoms with Gasteiger partial charge in [-0.15, -0.1) is 13.2 Å². The number of carbonyl (C=O) groups is 1. The minimum absolute atomic E-state index is 0.348. The number of carbonyl (C=O) groups excluding carboxylic acids is 1. The molecule has 1 aromatic heterocycles. The van der Waals surface area contributed by atoms with E-state index >= 15 is 0 Å². The summed E-state index contributed by atoms with van der Waals surface area (Å²) in [5.41, 5.74) is -3.23. The van der Waals surface area contributed by atoms with E-state index in [1.54, 1.807) is 0 Å². The molecule has 1 heterocycles. The number of hydrogen-bond donors (Lipinski definition) is 1. The third-order valence-electron chi connectivity index (χ3n) is 4.05. The number of aromatic nitrogens is 2. The third kappa shape index (κ3) is 4.95. The standard InChI is InChI=1S/C19H12F7N3O2/c1-29-14(16-10(18(21,22)23)5-4-6-11(16)20)9-13(28-29)17(30)27-12-7-2-3-8-15(12)31-19(24,25)26/h2-9H,1H3,(H,27,30). The van der Waals surface area contributed by atoms with E-state index < -0.39 is 46.8 Å². The number of amides is 1. The maximum atomic E-state index is 14.2. The molecule has 0 saturated carbocycles. The lowest BCUT2D eigenvalue weighted by atomic mass is 10.0. The second-order valence-corrected chi connectivity index (χ2v) is 6.20. The monoisotopic (exact) mass is 447 g/mol. The zero-order valence-corrected chi connectivity index (χ0v) is 15.5. The van der Waals surface area contributed by atoms with Crippen molar-refractivity contribution < 1.29 is 40.3 Å². The van der Waals surface area contributed by atoms with E-state index in [-0.39, 0.29) is 11.4 Å². The van der Waals surface area contributed by atoms with Gasteiger partial charge in [-0.2, -0.15) is 18.3 Å². The lowest BCUT2D eigenvalue weighted by molar-refractivity contribution is -0.274. The molecule has 0 fully saturated rings. The number of rotatable bonds is 4. The van der Waals surface area contributed by atoms with Gasteiger partial charge in [0.05, 0.1) is 16.9 Å². The first kappa shape index (κ1) is 22.1. The van der Waals surface area contributed by atoms with Crippen LogP contribution >= 0.6 is 0 Å². The second-order valence-electron chi connectivity index (χ2n) is 6.20. The van der Waals surface area contributed by atoms with Crippen LogP contribution < -0.4 is 10.1 Å². The van der Waals surface area contributed by atoms with Crippen LogP contribution in [0.15, 0.2) is 48.5 Å². The molecule has 0 spiro atoms. The Morgan fingerprint density at radius 3 is 2.35 bits per heavy atom. The fourth-order valence-corrected chi connectivity index (χ4v) is 2.80. The predicted octanol–water partition coefficient (Wildman–Crippen LogP) is 5.40. The molecule has 0 aliphatic heterocycles. The molecular weight excluding hydrogens is 435 g/mol. The molecule has 5 nitrogen and oxygen atoms in total. The highest BCUT2D eigenvalue weighted by Gasteiger charge is 2.36. The summed E-state index contributed by atoms with van der Waals surface area (Å²) in [6.45, 7) is 0. The van der Waals surface area contributed by atoms with Crippen LogP contribution in [0, 0.1) is 5.82 Å². The summed E-state index contributed by atoms with van der Waals surface area (Å²) >= 11 is 0. The molecule has 31 heavy (non-hydrogen) atoms. The molecule has 12 heteroatoms. The van der Waals surface area contributed by atoms with E-state index in [0.717, 1.165) is 35.0 Å². The van der Waals surface area contributed by atoms with Crippen molar-refractivity contribution in [3.63, 3.8) is 0 Å². The van der Waals surface area contributed by atoms with Crippen molar-refractivity contribution in [1.82, 2.24) is 9.78 Å². The van der Waals surface area contributed by atoms with Gasteiger partial charge in [-0.3, -0.25) is 9.48 Å². The van der Waals surface area contributed by atoms with Gasteiger partial charge >= 0.3 is 12.5 Å². The molecular formula is C19H12F7N3O2. The van der Waals surface area contributed by atoms with Crippen LogP contribution in [0.4, 0.5) is 36.4 Å². The first-order chi connectivity index (χ1) is 14.4. The van der Waals surface area contributed by atoms with Crippen LogP contribution in [0.3, 0.4) is 0 Å². The molecule has 0 unspecified atom stereocenters. The summed E-state index contributed by atoms with van der Waals surface area (Å²) in [6, 6.07) is 7.95. The van der Waals surface area contributed by atoms with Crippen LogP contribution in [0.5, 0.6) is 5.75 Å². The highest BCUT2D eigenvalue weighted by atomic mass is 19.4. The van der Waals surface area contributed by atoms with E-state index in [2.05, 4.69) is 15.2 Å². The smallest absolute Gasteiger partial charge is 0.404 e. The normalized spacial score (nSPS) is 12.0. The summed E-state index contributed by atoms with van der Waals surface area (Å²) in [7, 11) is 1.19. The molecule has 164 valence electrons. The van der Waals surface area contributed by atoms with Crippen molar-refractivity contribution in [1.29, 1.82) is 0 Å². The number of ether oxygens (including phenoxy) is 1. The molecule has 0 aliphatic rings. The highest BCUT2D eigenvalue weighted by molar-refractivity contribution is 6.04. The van der Waals surface area contributed by atoms with E-state index in [9.17, 15) is 35.5 Å². The summed E-state index contributed by atoms with van der Waals surface area (Å²) in [6.07, 6.45) is -9.89. The van der Waals surface area contributed by atoms with E-state index in [1.165, 1.54) is 19.2 Å². The number of aryl methyl sites for hydroxylation is 1. The maximum absolute atomic E-state index is 14.2. The van der Waals surface area contributed by atoms with Gasteiger partial charge in [0.1, 0.15) is 5.82 Å². The van der Waals surface area contributed by atoms with E-state index in [0.29, 0.717) is 6.07 Å². The summed E-state index contributed by atoms with van der Waals surface area (Å²) in [5, 5.41) is 5.90. The molecule has 2 aromatic carbocycles. The Morgan fingerprint density at radius 2 is 1.71 bits per heavy atom. The van der Waals surface area contributed by atoms with Gasteiger partial charge in [0.2, 0.25) is 0 Å².